The molecule has 0 N–H and O–H groups in total. The van der Waals surface area contributed by atoms with Crippen molar-refractivity contribution in [1.29, 1.82) is 0 Å². The molecule has 1 aromatic heterocycles. The van der Waals surface area contributed by atoms with Crippen molar-refractivity contribution in [2.45, 2.75) is 65.4 Å². The molecule has 3 heteroatoms. The summed E-state index contributed by atoms with van der Waals surface area (Å²) in [6, 6.07) is 12.0. The monoisotopic (exact) mass is 341 g/mol. The van der Waals surface area contributed by atoms with Gasteiger partial charge in [-0.05, 0) is 38.5 Å². The number of benzene rings is 1. The minimum atomic E-state index is 0.148. The largest absolute Gasteiger partial charge is 0.493 e. The molecule has 136 valence electrons. The van der Waals surface area contributed by atoms with Crippen LogP contribution in [0.5, 0.6) is 11.5 Å². The van der Waals surface area contributed by atoms with Crippen molar-refractivity contribution in [2.24, 2.45) is 0 Å². The van der Waals surface area contributed by atoms with Crippen LogP contribution in [0.4, 0.5) is 0 Å². The number of rotatable bonds is 11. The van der Waals surface area contributed by atoms with Crippen LogP contribution in [0.15, 0.2) is 42.6 Å². The third-order valence-corrected chi connectivity index (χ3v) is 4.02. The van der Waals surface area contributed by atoms with E-state index in [1.165, 1.54) is 32.1 Å². The first-order chi connectivity index (χ1) is 12.2. The Balaban J connectivity index is 1.96. The summed E-state index contributed by atoms with van der Waals surface area (Å²) < 4.78 is 11.8. The molecule has 0 aliphatic rings. The number of para-hydroxylation sites is 1. The fourth-order valence-electron chi connectivity index (χ4n) is 2.77. The molecule has 0 saturated heterocycles. The summed E-state index contributed by atoms with van der Waals surface area (Å²) in [5.41, 5.74) is 1.90. The third-order valence-electron chi connectivity index (χ3n) is 4.02. The van der Waals surface area contributed by atoms with Gasteiger partial charge < -0.3 is 9.47 Å². The fraction of sp³-hybridized carbons (Fsp3) is 0.500. The lowest BCUT2D eigenvalue weighted by molar-refractivity contribution is 0.242. The Morgan fingerprint density at radius 2 is 1.72 bits per heavy atom. The average molecular weight is 341 g/mol. The second kappa shape index (κ2) is 10.8. The molecule has 0 unspecified atom stereocenters. The molecular formula is C22H31NO2. The van der Waals surface area contributed by atoms with E-state index in [2.05, 4.69) is 18.0 Å². The Morgan fingerprint density at radius 1 is 0.960 bits per heavy atom. The van der Waals surface area contributed by atoms with Crippen LogP contribution in [-0.4, -0.2) is 17.7 Å². The van der Waals surface area contributed by atoms with Gasteiger partial charge in [-0.1, -0.05) is 51.2 Å². The summed E-state index contributed by atoms with van der Waals surface area (Å²) in [5.74, 6) is 1.73. The third kappa shape index (κ3) is 6.77. The zero-order valence-electron chi connectivity index (χ0n) is 15.8. The van der Waals surface area contributed by atoms with Crippen molar-refractivity contribution in [3.8, 4) is 22.8 Å². The summed E-state index contributed by atoms with van der Waals surface area (Å²) in [5, 5.41) is 0. The van der Waals surface area contributed by atoms with E-state index in [4.69, 9.17) is 9.47 Å². The number of pyridine rings is 1. The van der Waals surface area contributed by atoms with E-state index in [1.54, 1.807) is 6.20 Å². The minimum absolute atomic E-state index is 0.148. The molecule has 0 bridgehead atoms. The topological polar surface area (TPSA) is 31.4 Å². The van der Waals surface area contributed by atoms with Gasteiger partial charge in [-0.25, -0.2) is 0 Å². The Kier molecular flexibility index (Phi) is 8.30. The van der Waals surface area contributed by atoms with Gasteiger partial charge in [0.05, 0.1) is 18.4 Å². The number of unbranched alkanes of at least 4 members (excludes halogenated alkanes) is 5. The maximum atomic E-state index is 6.04. The van der Waals surface area contributed by atoms with E-state index >= 15 is 0 Å². The minimum Gasteiger partial charge on any atom is -0.493 e. The summed E-state index contributed by atoms with van der Waals surface area (Å²) in [4.78, 5) is 4.50. The van der Waals surface area contributed by atoms with Gasteiger partial charge in [0, 0.05) is 17.8 Å². The highest BCUT2D eigenvalue weighted by Crippen LogP contribution is 2.30. The molecule has 0 spiro atoms. The predicted octanol–water partition coefficient (Wildman–Crippen LogP) is 6.28. The quantitative estimate of drug-likeness (QED) is 0.451. The lowest BCUT2D eigenvalue weighted by Crippen LogP contribution is -2.05. The number of hydrogen-bond acceptors (Lipinski definition) is 3. The molecule has 2 rings (SSSR count). The van der Waals surface area contributed by atoms with E-state index in [0.29, 0.717) is 0 Å². The number of aromatic nitrogens is 1. The number of nitrogens with zero attached hydrogens (tertiary/aromatic N) is 1. The predicted molar refractivity (Wildman–Crippen MR) is 104 cm³/mol. The van der Waals surface area contributed by atoms with E-state index in [9.17, 15) is 0 Å². The first kappa shape index (κ1) is 19.3. The number of hydrogen-bond donors (Lipinski definition) is 0. The Morgan fingerprint density at radius 3 is 2.52 bits per heavy atom. The Hall–Kier alpha value is -2.03. The lowest BCUT2D eigenvalue weighted by Gasteiger charge is -2.13. The van der Waals surface area contributed by atoms with Crippen LogP contribution in [0.1, 0.15) is 59.3 Å². The summed E-state index contributed by atoms with van der Waals surface area (Å²) in [6.45, 7) is 7.05. The molecule has 0 saturated carbocycles. The highest BCUT2D eigenvalue weighted by atomic mass is 16.5. The highest BCUT2D eigenvalue weighted by molar-refractivity contribution is 5.68. The SMILES string of the molecule is CCCCCCCCOc1ccccc1-c1cc(OC(C)C)ccn1. The van der Waals surface area contributed by atoms with Gasteiger partial charge in [0.25, 0.3) is 0 Å². The van der Waals surface area contributed by atoms with E-state index in [-0.39, 0.29) is 6.10 Å². The van der Waals surface area contributed by atoms with Gasteiger partial charge in [0.1, 0.15) is 11.5 Å². The highest BCUT2D eigenvalue weighted by Gasteiger charge is 2.09. The summed E-state index contributed by atoms with van der Waals surface area (Å²) in [7, 11) is 0. The van der Waals surface area contributed by atoms with Crippen LogP contribution in [0.3, 0.4) is 0 Å². The number of ether oxygens (including phenoxy) is 2. The van der Waals surface area contributed by atoms with Crippen LogP contribution in [-0.2, 0) is 0 Å². The standard InChI is InChI=1S/C22H31NO2/c1-4-5-6-7-8-11-16-24-22-13-10-9-12-20(22)21-17-19(14-15-23-21)25-18(2)3/h9-10,12-15,17-18H,4-8,11,16H2,1-3H3. The van der Waals surface area contributed by atoms with E-state index < -0.39 is 0 Å². The van der Waals surface area contributed by atoms with Gasteiger partial charge in [-0.3, -0.25) is 4.98 Å². The normalized spacial score (nSPS) is 10.9. The zero-order valence-corrected chi connectivity index (χ0v) is 15.8. The average Bonchev–Trinajstić information content (AvgIpc) is 2.61. The van der Waals surface area contributed by atoms with Gasteiger partial charge in [0.15, 0.2) is 0 Å². The maximum Gasteiger partial charge on any atom is 0.128 e. The van der Waals surface area contributed by atoms with E-state index in [1.807, 2.05) is 44.2 Å². The second-order valence-electron chi connectivity index (χ2n) is 6.66. The van der Waals surface area contributed by atoms with Gasteiger partial charge in [-0.2, -0.15) is 0 Å². The maximum absolute atomic E-state index is 6.04. The Bertz CT molecular complexity index is 625. The van der Waals surface area contributed by atoms with E-state index in [0.717, 1.165) is 35.8 Å². The van der Waals surface area contributed by atoms with Crippen LogP contribution >= 0.6 is 0 Å². The molecular weight excluding hydrogens is 310 g/mol. The van der Waals surface area contributed by atoms with Crippen molar-refractivity contribution < 1.29 is 9.47 Å². The van der Waals surface area contributed by atoms with Gasteiger partial charge in [-0.15, -0.1) is 0 Å². The molecule has 0 fully saturated rings. The van der Waals surface area contributed by atoms with Crippen LogP contribution in [0.2, 0.25) is 0 Å². The van der Waals surface area contributed by atoms with Crippen molar-refractivity contribution in [3.63, 3.8) is 0 Å². The van der Waals surface area contributed by atoms with Crippen molar-refractivity contribution >= 4 is 0 Å². The van der Waals surface area contributed by atoms with Gasteiger partial charge >= 0.3 is 0 Å². The summed E-state index contributed by atoms with van der Waals surface area (Å²) in [6.07, 6.45) is 9.53. The first-order valence-electron chi connectivity index (χ1n) is 9.55. The molecule has 3 nitrogen and oxygen atoms in total. The van der Waals surface area contributed by atoms with Crippen LogP contribution in [0, 0.1) is 0 Å². The molecule has 0 radical (unpaired) electrons. The molecule has 0 aliphatic carbocycles. The van der Waals surface area contributed by atoms with Crippen LogP contribution < -0.4 is 9.47 Å². The molecule has 0 atom stereocenters. The fourth-order valence-corrected chi connectivity index (χ4v) is 2.77. The Labute approximate surface area is 152 Å². The molecule has 0 amide bonds. The first-order valence-corrected chi connectivity index (χ1v) is 9.55. The second-order valence-corrected chi connectivity index (χ2v) is 6.66. The molecule has 1 heterocycles. The van der Waals surface area contributed by atoms with Crippen molar-refractivity contribution in [1.82, 2.24) is 4.98 Å². The molecule has 2 aromatic rings. The van der Waals surface area contributed by atoms with Crippen molar-refractivity contribution in [3.05, 3.63) is 42.6 Å². The molecule has 1 aromatic carbocycles. The zero-order chi connectivity index (χ0) is 17.9. The molecule has 25 heavy (non-hydrogen) atoms. The lowest BCUT2D eigenvalue weighted by atomic mass is 10.1. The summed E-state index contributed by atoms with van der Waals surface area (Å²) >= 11 is 0. The smallest absolute Gasteiger partial charge is 0.128 e. The van der Waals surface area contributed by atoms with Gasteiger partial charge in [0.2, 0.25) is 0 Å². The molecule has 0 aliphatic heterocycles. The van der Waals surface area contributed by atoms with Crippen LogP contribution in [0.25, 0.3) is 11.3 Å². The van der Waals surface area contributed by atoms with Crippen molar-refractivity contribution in [2.75, 3.05) is 6.61 Å².